The molecule has 0 aliphatic rings. The van der Waals surface area contributed by atoms with Crippen molar-refractivity contribution in [3.63, 3.8) is 0 Å². The Balaban J connectivity index is 3.05. The summed E-state index contributed by atoms with van der Waals surface area (Å²) in [7, 11) is 0. The van der Waals surface area contributed by atoms with E-state index < -0.39 is 24.1 Å². The zero-order chi connectivity index (χ0) is 14.1. The van der Waals surface area contributed by atoms with Gasteiger partial charge in [-0.1, -0.05) is 11.6 Å². The van der Waals surface area contributed by atoms with Gasteiger partial charge in [-0.05, 0) is 28.9 Å². The molecular weight excluding hydrogens is 341 g/mol. The molecule has 18 heavy (non-hydrogen) atoms. The van der Waals surface area contributed by atoms with Crippen LogP contribution in [-0.4, -0.2) is 18.3 Å². The summed E-state index contributed by atoms with van der Waals surface area (Å²) in [6.07, 6.45) is -6.88. The number of hydrogen-bond donors (Lipinski definition) is 1. The van der Waals surface area contributed by atoms with E-state index >= 15 is 0 Å². The van der Waals surface area contributed by atoms with Crippen molar-refractivity contribution >= 4 is 27.5 Å². The van der Waals surface area contributed by atoms with Crippen LogP contribution in [0.4, 0.5) is 17.6 Å². The monoisotopic (exact) mass is 349 g/mol. The topological polar surface area (TPSA) is 35.2 Å². The molecule has 0 saturated carbocycles. The van der Waals surface area contributed by atoms with E-state index in [2.05, 4.69) is 15.9 Å². The van der Waals surface area contributed by atoms with Gasteiger partial charge in [0.2, 0.25) is 6.10 Å². The molecule has 0 amide bonds. The number of nitrogens with two attached hydrogens (primary N) is 1. The standard InChI is InChI=1S/C10H9BrClF4NO/c1-4(17)9(10(14,15)16)18-8-3-7(13)6(12)2-5(8)11/h2-4,9H,17H2,1H3. The number of ether oxygens (including phenoxy) is 1. The second-order valence-electron chi connectivity index (χ2n) is 3.64. The van der Waals surface area contributed by atoms with E-state index in [0.717, 1.165) is 19.1 Å². The molecule has 1 rings (SSSR count). The summed E-state index contributed by atoms with van der Waals surface area (Å²) in [6.45, 7) is 1.15. The minimum Gasteiger partial charge on any atom is -0.478 e. The Kier molecular flexibility index (Phi) is 4.85. The highest BCUT2D eigenvalue weighted by Crippen LogP contribution is 2.34. The Bertz CT molecular complexity index is 439. The Morgan fingerprint density at radius 3 is 2.39 bits per heavy atom. The van der Waals surface area contributed by atoms with Gasteiger partial charge in [0.25, 0.3) is 0 Å². The van der Waals surface area contributed by atoms with Crippen LogP contribution in [-0.2, 0) is 0 Å². The Hall–Kier alpha value is -0.530. The predicted octanol–water partition coefficient (Wildman–Crippen LogP) is 3.90. The number of halogens is 6. The molecule has 0 fully saturated rings. The molecule has 1 aromatic rings. The van der Waals surface area contributed by atoms with Gasteiger partial charge in [-0.25, -0.2) is 4.39 Å². The predicted molar refractivity (Wildman–Crippen MR) is 63.2 cm³/mol. The molecule has 0 aliphatic heterocycles. The zero-order valence-electron chi connectivity index (χ0n) is 9.06. The molecule has 102 valence electrons. The van der Waals surface area contributed by atoms with Crippen molar-refractivity contribution in [2.24, 2.45) is 5.73 Å². The molecule has 1 aromatic carbocycles. The van der Waals surface area contributed by atoms with Gasteiger partial charge in [0, 0.05) is 12.1 Å². The van der Waals surface area contributed by atoms with Gasteiger partial charge >= 0.3 is 6.18 Å². The molecular formula is C10H9BrClF4NO. The van der Waals surface area contributed by atoms with Gasteiger partial charge in [0.05, 0.1) is 9.50 Å². The Morgan fingerprint density at radius 2 is 1.94 bits per heavy atom. The second kappa shape index (κ2) is 5.63. The van der Waals surface area contributed by atoms with Gasteiger partial charge in [-0.2, -0.15) is 13.2 Å². The highest BCUT2D eigenvalue weighted by molar-refractivity contribution is 9.10. The van der Waals surface area contributed by atoms with Crippen molar-refractivity contribution < 1.29 is 22.3 Å². The number of hydrogen-bond acceptors (Lipinski definition) is 2. The SMILES string of the molecule is CC(N)C(Oc1cc(F)c(Cl)cc1Br)C(F)(F)F. The lowest BCUT2D eigenvalue weighted by atomic mass is 10.2. The van der Waals surface area contributed by atoms with E-state index in [0.29, 0.717) is 0 Å². The first kappa shape index (κ1) is 15.5. The summed E-state index contributed by atoms with van der Waals surface area (Å²) in [6, 6.07) is 0.588. The number of alkyl halides is 3. The smallest absolute Gasteiger partial charge is 0.426 e. The van der Waals surface area contributed by atoms with Crippen LogP contribution >= 0.6 is 27.5 Å². The molecule has 2 unspecified atom stereocenters. The van der Waals surface area contributed by atoms with Gasteiger partial charge in [-0.3, -0.25) is 0 Å². The fourth-order valence-corrected chi connectivity index (χ4v) is 1.94. The Labute approximate surface area is 114 Å². The van der Waals surface area contributed by atoms with Crippen LogP contribution in [0.2, 0.25) is 5.02 Å². The van der Waals surface area contributed by atoms with Crippen LogP contribution in [0.5, 0.6) is 5.75 Å². The normalized spacial score (nSPS) is 15.3. The highest BCUT2D eigenvalue weighted by atomic mass is 79.9. The van der Waals surface area contributed by atoms with E-state index in [1.165, 1.54) is 0 Å². The van der Waals surface area contributed by atoms with Crippen LogP contribution in [0, 0.1) is 5.82 Å². The van der Waals surface area contributed by atoms with Crippen LogP contribution in [0.1, 0.15) is 6.92 Å². The molecule has 0 saturated heterocycles. The van der Waals surface area contributed by atoms with Gasteiger partial charge in [0.15, 0.2) is 0 Å². The van der Waals surface area contributed by atoms with Crippen LogP contribution in [0.15, 0.2) is 16.6 Å². The summed E-state index contributed by atoms with van der Waals surface area (Å²) < 4.78 is 55.9. The molecule has 2 nitrogen and oxygen atoms in total. The first-order valence-electron chi connectivity index (χ1n) is 4.76. The minimum absolute atomic E-state index is 0.115. The van der Waals surface area contributed by atoms with E-state index in [9.17, 15) is 17.6 Å². The van der Waals surface area contributed by atoms with Gasteiger partial charge in [0.1, 0.15) is 11.6 Å². The number of rotatable bonds is 3. The quantitative estimate of drug-likeness (QED) is 0.663. The third-order valence-electron chi connectivity index (χ3n) is 2.03. The van der Waals surface area contributed by atoms with Crippen molar-refractivity contribution in [3.05, 3.63) is 27.4 Å². The van der Waals surface area contributed by atoms with Crippen molar-refractivity contribution in [2.45, 2.75) is 25.2 Å². The van der Waals surface area contributed by atoms with Crippen molar-refractivity contribution in [3.8, 4) is 5.75 Å². The lowest BCUT2D eigenvalue weighted by Crippen LogP contribution is -2.47. The van der Waals surface area contributed by atoms with Gasteiger partial charge in [-0.15, -0.1) is 0 Å². The van der Waals surface area contributed by atoms with E-state index in [-0.39, 0.29) is 15.2 Å². The molecule has 8 heteroatoms. The fraction of sp³-hybridized carbons (Fsp3) is 0.400. The number of benzene rings is 1. The lowest BCUT2D eigenvalue weighted by molar-refractivity contribution is -0.199. The fourth-order valence-electron chi connectivity index (χ4n) is 1.20. The summed E-state index contributed by atoms with van der Waals surface area (Å²) in [5, 5.41) is -0.224. The van der Waals surface area contributed by atoms with Crippen molar-refractivity contribution in [2.75, 3.05) is 0 Å². The van der Waals surface area contributed by atoms with E-state index in [4.69, 9.17) is 22.1 Å². The van der Waals surface area contributed by atoms with Gasteiger partial charge < -0.3 is 10.5 Å². The summed E-state index contributed by atoms with van der Waals surface area (Å²) >= 11 is 8.41. The first-order chi connectivity index (χ1) is 8.12. The molecule has 0 spiro atoms. The zero-order valence-corrected chi connectivity index (χ0v) is 11.4. The maximum atomic E-state index is 13.2. The minimum atomic E-state index is -4.65. The Morgan fingerprint density at radius 1 is 1.39 bits per heavy atom. The molecule has 0 bridgehead atoms. The average molecular weight is 351 g/mol. The van der Waals surface area contributed by atoms with Crippen LogP contribution < -0.4 is 10.5 Å². The van der Waals surface area contributed by atoms with E-state index in [1.807, 2.05) is 0 Å². The van der Waals surface area contributed by atoms with E-state index in [1.54, 1.807) is 0 Å². The highest BCUT2D eigenvalue weighted by Gasteiger charge is 2.44. The third kappa shape index (κ3) is 3.73. The molecule has 2 N–H and O–H groups in total. The molecule has 2 atom stereocenters. The summed E-state index contributed by atoms with van der Waals surface area (Å²) in [5.74, 6) is -1.18. The molecule has 0 radical (unpaired) electrons. The maximum Gasteiger partial charge on any atom is 0.426 e. The largest absolute Gasteiger partial charge is 0.478 e. The lowest BCUT2D eigenvalue weighted by Gasteiger charge is -2.25. The summed E-state index contributed by atoms with van der Waals surface area (Å²) in [5.41, 5.74) is 5.21. The van der Waals surface area contributed by atoms with Crippen molar-refractivity contribution in [1.29, 1.82) is 0 Å². The van der Waals surface area contributed by atoms with Crippen LogP contribution in [0.25, 0.3) is 0 Å². The summed E-state index contributed by atoms with van der Waals surface area (Å²) in [4.78, 5) is 0. The second-order valence-corrected chi connectivity index (χ2v) is 4.90. The molecule has 0 aromatic heterocycles. The first-order valence-corrected chi connectivity index (χ1v) is 5.93. The molecule has 0 heterocycles. The maximum absolute atomic E-state index is 13.2. The molecule has 0 aliphatic carbocycles. The third-order valence-corrected chi connectivity index (χ3v) is 2.94. The van der Waals surface area contributed by atoms with Crippen LogP contribution in [0.3, 0.4) is 0 Å². The van der Waals surface area contributed by atoms with Crippen molar-refractivity contribution in [1.82, 2.24) is 0 Å². The average Bonchev–Trinajstić information content (AvgIpc) is 2.19.